The molecule has 0 bridgehead atoms. The summed E-state index contributed by atoms with van der Waals surface area (Å²) in [5.41, 5.74) is 0.900. The van der Waals surface area contributed by atoms with E-state index in [1.165, 1.54) is 0 Å². The van der Waals surface area contributed by atoms with Gasteiger partial charge in [0.25, 0.3) is 0 Å². The maximum absolute atomic E-state index is 11.8. The fourth-order valence-corrected chi connectivity index (χ4v) is 3.35. The third-order valence-electron chi connectivity index (χ3n) is 4.70. The molecule has 104 valence electrons. The van der Waals surface area contributed by atoms with E-state index in [1.807, 2.05) is 13.0 Å². The van der Waals surface area contributed by atoms with E-state index in [0.717, 1.165) is 6.42 Å². The van der Waals surface area contributed by atoms with Crippen molar-refractivity contribution in [3.8, 4) is 0 Å². The van der Waals surface area contributed by atoms with Crippen LogP contribution in [0.15, 0.2) is 23.3 Å². The molecule has 0 spiro atoms. The molecule has 1 unspecified atom stereocenters. The molecule has 0 aromatic carbocycles. The fourth-order valence-electron chi connectivity index (χ4n) is 3.35. The van der Waals surface area contributed by atoms with E-state index in [4.69, 9.17) is 0 Å². The number of fused-ring (bicyclic) bond motifs is 1. The first-order chi connectivity index (χ1) is 8.78. The average molecular weight is 286 g/mol. The predicted molar refractivity (Wildman–Crippen MR) is 67.9 cm³/mol. The first-order valence-corrected chi connectivity index (χ1v) is 6.61. The van der Waals surface area contributed by atoms with Crippen molar-refractivity contribution in [1.29, 1.82) is 0 Å². The Morgan fingerprint density at radius 1 is 1.55 bits per heavy atom. The van der Waals surface area contributed by atoms with Crippen molar-refractivity contribution in [1.82, 2.24) is 0 Å². The number of rotatable bonds is 2. The van der Waals surface area contributed by atoms with Crippen LogP contribution in [0.25, 0.3) is 0 Å². The molecule has 5 heteroatoms. The number of carbonyl (C=O) groups excluding carboxylic acids is 2. The average Bonchev–Trinajstić information content (AvgIpc) is 2.34. The third-order valence-corrected chi connectivity index (χ3v) is 4.70. The zero-order chi connectivity index (χ0) is 14.4. The maximum atomic E-state index is 11.8. The van der Waals surface area contributed by atoms with Crippen molar-refractivity contribution in [3.63, 3.8) is 0 Å². The molecule has 0 amide bonds. The standard InChI is InChI=1S/C15H20O4.Na/c1-8(14(18)19)10-4-6-15(3)7-5-11(16)9(2)12(15)13(10)17;/h5,7-8,10,13,17H,4,6H2,1-3H3,(H,18,19);/q;+1/p-1/t8?,10-,13-,15-;/m0./s1. The number of aliphatic hydroxyl groups excluding tert-OH is 1. The molecule has 20 heavy (non-hydrogen) atoms. The van der Waals surface area contributed by atoms with Crippen molar-refractivity contribution in [2.24, 2.45) is 17.3 Å². The molecule has 1 fully saturated rings. The summed E-state index contributed by atoms with van der Waals surface area (Å²) in [6, 6.07) is 0. The van der Waals surface area contributed by atoms with E-state index in [0.29, 0.717) is 17.6 Å². The van der Waals surface area contributed by atoms with Gasteiger partial charge in [-0.1, -0.05) is 19.9 Å². The van der Waals surface area contributed by atoms with Crippen LogP contribution in [0.5, 0.6) is 0 Å². The normalized spacial score (nSPS) is 34.3. The summed E-state index contributed by atoms with van der Waals surface area (Å²) >= 11 is 0. The van der Waals surface area contributed by atoms with Gasteiger partial charge in [-0.3, -0.25) is 4.79 Å². The Hall–Kier alpha value is -0.420. The molecule has 0 saturated heterocycles. The third kappa shape index (κ3) is 2.80. The molecule has 0 aromatic heterocycles. The van der Waals surface area contributed by atoms with Gasteiger partial charge in [-0.25, -0.2) is 0 Å². The van der Waals surface area contributed by atoms with Crippen molar-refractivity contribution < 1.29 is 49.4 Å². The molecule has 0 radical (unpaired) electrons. The van der Waals surface area contributed by atoms with Gasteiger partial charge < -0.3 is 15.0 Å². The van der Waals surface area contributed by atoms with Gasteiger partial charge in [0.15, 0.2) is 5.78 Å². The van der Waals surface area contributed by atoms with Crippen molar-refractivity contribution >= 4 is 11.8 Å². The van der Waals surface area contributed by atoms with Crippen LogP contribution in [-0.2, 0) is 9.59 Å². The minimum absolute atomic E-state index is 0. The molecule has 1 N–H and O–H groups in total. The predicted octanol–water partition coefficient (Wildman–Crippen LogP) is -2.39. The Kier molecular flexibility index (Phi) is 5.41. The van der Waals surface area contributed by atoms with Crippen LogP contribution < -0.4 is 34.7 Å². The zero-order valence-electron chi connectivity index (χ0n) is 12.5. The van der Waals surface area contributed by atoms with Crippen LogP contribution in [-0.4, -0.2) is 23.0 Å². The number of carboxylic acid groups (broad SMARTS) is 1. The largest absolute Gasteiger partial charge is 1.00 e. The quantitative estimate of drug-likeness (QED) is 0.575. The number of aliphatic hydroxyl groups is 1. The van der Waals surface area contributed by atoms with E-state index < -0.39 is 18.0 Å². The number of ketones is 1. The molecule has 4 atom stereocenters. The summed E-state index contributed by atoms with van der Waals surface area (Å²) in [5.74, 6) is -2.36. The van der Waals surface area contributed by atoms with Gasteiger partial charge in [-0.05, 0) is 42.9 Å². The second kappa shape index (κ2) is 6.14. The van der Waals surface area contributed by atoms with Crippen LogP contribution in [0.1, 0.15) is 33.6 Å². The number of allylic oxidation sites excluding steroid dienone is 3. The van der Waals surface area contributed by atoms with Gasteiger partial charge in [-0.15, -0.1) is 0 Å². The summed E-state index contributed by atoms with van der Waals surface area (Å²) < 4.78 is 0. The zero-order valence-corrected chi connectivity index (χ0v) is 14.5. The number of hydrogen-bond donors (Lipinski definition) is 1. The van der Waals surface area contributed by atoms with Crippen LogP contribution >= 0.6 is 0 Å². The van der Waals surface area contributed by atoms with E-state index in [-0.39, 0.29) is 46.7 Å². The van der Waals surface area contributed by atoms with E-state index >= 15 is 0 Å². The van der Waals surface area contributed by atoms with E-state index in [2.05, 4.69) is 0 Å². The first kappa shape index (κ1) is 17.6. The Morgan fingerprint density at radius 3 is 2.70 bits per heavy atom. The monoisotopic (exact) mass is 286 g/mol. The molecule has 2 aliphatic rings. The Morgan fingerprint density at radius 2 is 2.15 bits per heavy atom. The summed E-state index contributed by atoms with van der Waals surface area (Å²) in [6.07, 6.45) is 3.85. The molecule has 2 rings (SSSR count). The summed E-state index contributed by atoms with van der Waals surface area (Å²) in [5, 5.41) is 21.5. The summed E-state index contributed by atoms with van der Waals surface area (Å²) in [4.78, 5) is 22.8. The van der Waals surface area contributed by atoms with Gasteiger partial charge >= 0.3 is 29.6 Å². The second-order valence-corrected chi connectivity index (χ2v) is 5.91. The number of carbonyl (C=O) groups is 2. The van der Waals surface area contributed by atoms with Crippen LogP contribution in [0.2, 0.25) is 0 Å². The molecular formula is C15H19NaO4. The van der Waals surface area contributed by atoms with Crippen molar-refractivity contribution in [2.75, 3.05) is 0 Å². The van der Waals surface area contributed by atoms with Gasteiger partial charge in [0.2, 0.25) is 0 Å². The molecule has 1 saturated carbocycles. The molecule has 0 aromatic rings. The fraction of sp³-hybridized carbons (Fsp3) is 0.600. The SMILES string of the molecule is CC1=C2[C@@H](O)[C@H](C(C)C(=O)[O-])CC[C@@]2(C)C=CC1=O.[Na+]. The minimum Gasteiger partial charge on any atom is -0.550 e. The van der Waals surface area contributed by atoms with Crippen LogP contribution in [0.3, 0.4) is 0 Å². The molecule has 0 aliphatic heterocycles. The molecule has 0 heterocycles. The first-order valence-electron chi connectivity index (χ1n) is 6.61. The van der Waals surface area contributed by atoms with Crippen LogP contribution in [0, 0.1) is 17.3 Å². The summed E-state index contributed by atoms with van der Waals surface area (Å²) in [7, 11) is 0. The Balaban J connectivity index is 0.00000200. The summed E-state index contributed by atoms with van der Waals surface area (Å²) in [6.45, 7) is 5.24. The van der Waals surface area contributed by atoms with Crippen molar-refractivity contribution in [2.45, 2.75) is 39.7 Å². The van der Waals surface area contributed by atoms with Gasteiger partial charge in [0.05, 0.1) is 6.10 Å². The van der Waals surface area contributed by atoms with Crippen molar-refractivity contribution in [3.05, 3.63) is 23.3 Å². The maximum Gasteiger partial charge on any atom is 1.00 e. The number of carboxylic acids is 1. The Labute approximate surface area is 141 Å². The second-order valence-electron chi connectivity index (χ2n) is 5.91. The number of hydrogen-bond acceptors (Lipinski definition) is 4. The van der Waals surface area contributed by atoms with E-state index in [9.17, 15) is 19.8 Å². The smallest absolute Gasteiger partial charge is 0.550 e. The molecule has 4 nitrogen and oxygen atoms in total. The van der Waals surface area contributed by atoms with Gasteiger partial charge in [0, 0.05) is 17.3 Å². The van der Waals surface area contributed by atoms with Crippen LogP contribution in [0.4, 0.5) is 0 Å². The molecular weight excluding hydrogens is 267 g/mol. The van der Waals surface area contributed by atoms with Gasteiger partial charge in [0.1, 0.15) is 0 Å². The molecule has 2 aliphatic carbocycles. The minimum atomic E-state index is -1.15. The van der Waals surface area contributed by atoms with Gasteiger partial charge in [-0.2, -0.15) is 0 Å². The Bertz CT molecular complexity index is 494. The number of aliphatic carboxylic acids is 1. The van der Waals surface area contributed by atoms with E-state index in [1.54, 1.807) is 19.9 Å². The topological polar surface area (TPSA) is 77.4 Å².